The van der Waals surface area contributed by atoms with Crippen LogP contribution in [0.15, 0.2) is 0 Å². The number of aliphatic hydroxyl groups is 1. The molecule has 0 saturated carbocycles. The van der Waals surface area contributed by atoms with Crippen LogP contribution in [0.3, 0.4) is 0 Å². The van der Waals surface area contributed by atoms with E-state index in [1.807, 2.05) is 0 Å². The Hall–Kier alpha value is -0.250. The number of hydrogen-bond acceptors (Lipinski definition) is 1. The fraction of sp³-hybridized carbons (Fsp3) is 1.00. The van der Waals surface area contributed by atoms with E-state index in [1.165, 1.54) is 0 Å². The molecule has 0 aromatic heterocycles. The number of hydrogen-bond donors (Lipinski definition) is 1. The fourth-order valence-electron chi connectivity index (χ4n) is 0.0797. The molecule has 0 heterocycles. The third-order valence-electron chi connectivity index (χ3n) is 0.448. The normalized spacial score (nSPS) is 15.0. The Kier molecular flexibility index (Phi) is 2.75. The highest BCUT2D eigenvalue weighted by Gasteiger charge is 2.16. The van der Waals surface area contributed by atoms with Crippen LogP contribution in [0.25, 0.3) is 0 Å². The second-order valence-corrected chi connectivity index (χ2v) is 1.03. The van der Waals surface area contributed by atoms with Gasteiger partial charge in [-0.3, -0.25) is 0 Å². The summed E-state index contributed by atoms with van der Waals surface area (Å²) >= 11 is 0. The van der Waals surface area contributed by atoms with E-state index < -0.39 is 19.2 Å². The summed E-state index contributed by atoms with van der Waals surface area (Å²) in [7, 11) is 0. The van der Waals surface area contributed by atoms with Crippen LogP contribution in [0.4, 0.5) is 13.2 Å². The van der Waals surface area contributed by atoms with Crippen LogP contribution in [-0.2, 0) is 0 Å². The van der Waals surface area contributed by atoms with Crippen molar-refractivity contribution in [1.29, 1.82) is 0 Å². The number of halogens is 3. The first-order valence-corrected chi connectivity index (χ1v) is 1.71. The van der Waals surface area contributed by atoms with Crippen LogP contribution in [0, 0.1) is 0 Å². The van der Waals surface area contributed by atoms with Gasteiger partial charge >= 0.3 is 0 Å². The average molecular weight is 114 g/mol. The molecule has 0 saturated heterocycles. The zero-order chi connectivity index (χ0) is 5.86. The van der Waals surface area contributed by atoms with Gasteiger partial charge in [-0.1, -0.05) is 0 Å². The van der Waals surface area contributed by atoms with Crippen molar-refractivity contribution in [2.75, 3.05) is 6.61 Å². The first-order valence-electron chi connectivity index (χ1n) is 1.71. The summed E-state index contributed by atoms with van der Waals surface area (Å²) in [5.41, 5.74) is 0. The van der Waals surface area contributed by atoms with Gasteiger partial charge in [-0.05, 0) is 0 Å². The summed E-state index contributed by atoms with van der Waals surface area (Å²) in [5, 5.41) is 7.65. The van der Waals surface area contributed by atoms with Gasteiger partial charge in [-0.25, -0.2) is 13.2 Å². The number of aliphatic hydroxyl groups excluding tert-OH is 1. The van der Waals surface area contributed by atoms with Crippen molar-refractivity contribution >= 4 is 0 Å². The van der Waals surface area contributed by atoms with Gasteiger partial charge in [0.15, 0.2) is 6.17 Å². The quantitative estimate of drug-likeness (QED) is 0.556. The molecule has 1 N–H and O–H groups in total. The monoisotopic (exact) mass is 114 g/mol. The summed E-state index contributed by atoms with van der Waals surface area (Å²) < 4.78 is 33.0. The van der Waals surface area contributed by atoms with Gasteiger partial charge in [0.2, 0.25) is 0 Å². The predicted octanol–water partition coefficient (Wildman–Crippen LogP) is 0.582. The van der Waals surface area contributed by atoms with Crippen LogP contribution in [0.2, 0.25) is 0 Å². The Morgan fingerprint density at radius 1 is 1.29 bits per heavy atom. The third-order valence-corrected chi connectivity index (χ3v) is 0.448. The van der Waals surface area contributed by atoms with E-state index in [0.717, 1.165) is 0 Å². The molecule has 0 radical (unpaired) electrons. The van der Waals surface area contributed by atoms with Crippen molar-refractivity contribution in [1.82, 2.24) is 0 Å². The minimum Gasteiger partial charge on any atom is -0.393 e. The molecule has 1 nitrogen and oxygen atoms in total. The Balaban J connectivity index is 3.14. The van der Waals surface area contributed by atoms with Crippen LogP contribution < -0.4 is 0 Å². The summed E-state index contributed by atoms with van der Waals surface area (Å²) in [6, 6.07) is 0. The van der Waals surface area contributed by atoms with E-state index >= 15 is 0 Å². The largest absolute Gasteiger partial charge is 0.393 e. The molecule has 1 atom stereocenters. The smallest absolute Gasteiger partial charge is 0.271 e. The molecule has 1 unspecified atom stereocenters. The lowest BCUT2D eigenvalue weighted by Crippen LogP contribution is -2.15. The molecule has 0 aliphatic rings. The molecule has 0 bridgehead atoms. The lowest BCUT2D eigenvalue weighted by Gasteiger charge is -1.98. The highest BCUT2D eigenvalue weighted by molar-refractivity contribution is 4.52. The molecule has 4 heteroatoms. The zero-order valence-corrected chi connectivity index (χ0v) is 3.44. The van der Waals surface area contributed by atoms with E-state index in [1.54, 1.807) is 0 Å². The van der Waals surface area contributed by atoms with Crippen molar-refractivity contribution in [2.45, 2.75) is 12.6 Å². The van der Waals surface area contributed by atoms with Gasteiger partial charge in [0.25, 0.3) is 6.43 Å². The first-order chi connectivity index (χ1) is 3.18. The third kappa shape index (κ3) is 2.45. The molecule has 0 aliphatic carbocycles. The molecule has 7 heavy (non-hydrogen) atoms. The van der Waals surface area contributed by atoms with Gasteiger partial charge in [0.05, 0.1) is 6.61 Å². The molecule has 0 aromatic rings. The maximum Gasteiger partial charge on any atom is 0.271 e. The maximum absolute atomic E-state index is 11.3. The predicted molar refractivity (Wildman–Crippen MR) is 18.0 cm³/mol. The number of alkyl halides is 3. The van der Waals surface area contributed by atoms with Crippen molar-refractivity contribution in [3.8, 4) is 0 Å². The van der Waals surface area contributed by atoms with Crippen LogP contribution >= 0.6 is 0 Å². The fourth-order valence-corrected chi connectivity index (χ4v) is 0.0797. The minimum absolute atomic E-state index is 1.10. The molecule has 0 aromatic carbocycles. The number of rotatable bonds is 2. The van der Waals surface area contributed by atoms with E-state index in [2.05, 4.69) is 0 Å². The van der Waals surface area contributed by atoms with E-state index in [4.69, 9.17) is 5.11 Å². The second kappa shape index (κ2) is 2.85. The first kappa shape index (κ1) is 6.75. The molecule has 0 fully saturated rings. The highest BCUT2D eigenvalue weighted by atomic mass is 19.3. The van der Waals surface area contributed by atoms with E-state index in [-0.39, 0.29) is 0 Å². The van der Waals surface area contributed by atoms with Gasteiger partial charge in [0, 0.05) is 0 Å². The highest BCUT2D eigenvalue weighted by Crippen LogP contribution is 2.02. The standard InChI is InChI=1S/C3H5F3O/c4-2(1-7)3(5)6/h2-3,7H,1H2. The Morgan fingerprint density at radius 3 is 1.71 bits per heavy atom. The molecule has 0 amide bonds. The summed E-state index contributed by atoms with van der Waals surface area (Å²) in [6.07, 6.45) is -5.43. The zero-order valence-electron chi connectivity index (χ0n) is 3.44. The van der Waals surface area contributed by atoms with Gasteiger partial charge in [0.1, 0.15) is 0 Å². The Bertz CT molecular complexity index is 47.4. The molecule has 44 valence electrons. The van der Waals surface area contributed by atoms with Gasteiger partial charge < -0.3 is 5.11 Å². The molecule has 0 spiro atoms. The van der Waals surface area contributed by atoms with Crippen molar-refractivity contribution in [3.63, 3.8) is 0 Å². The molecular formula is C3H5F3O. The average Bonchev–Trinajstić information content (AvgIpc) is 1.65. The Morgan fingerprint density at radius 2 is 1.71 bits per heavy atom. The lowest BCUT2D eigenvalue weighted by atomic mass is 10.4. The lowest BCUT2D eigenvalue weighted by molar-refractivity contribution is 0.0170. The Labute approximate surface area is 38.8 Å². The van der Waals surface area contributed by atoms with Crippen molar-refractivity contribution < 1.29 is 18.3 Å². The summed E-state index contributed by atoms with van der Waals surface area (Å²) in [5.74, 6) is 0. The van der Waals surface area contributed by atoms with Crippen LogP contribution in [-0.4, -0.2) is 24.3 Å². The molecular weight excluding hydrogens is 109 g/mol. The topological polar surface area (TPSA) is 20.2 Å². The van der Waals surface area contributed by atoms with Gasteiger partial charge in [-0.2, -0.15) is 0 Å². The van der Waals surface area contributed by atoms with Gasteiger partial charge in [-0.15, -0.1) is 0 Å². The minimum atomic E-state index is -3.05. The van der Waals surface area contributed by atoms with Crippen molar-refractivity contribution in [3.05, 3.63) is 0 Å². The van der Waals surface area contributed by atoms with Crippen molar-refractivity contribution in [2.24, 2.45) is 0 Å². The molecule has 0 aliphatic heterocycles. The summed E-state index contributed by atoms with van der Waals surface area (Å²) in [6.45, 7) is -1.10. The van der Waals surface area contributed by atoms with Crippen LogP contribution in [0.1, 0.15) is 0 Å². The maximum atomic E-state index is 11.3. The molecule has 0 rings (SSSR count). The second-order valence-electron chi connectivity index (χ2n) is 1.03. The SMILES string of the molecule is OCC(F)C(F)F. The van der Waals surface area contributed by atoms with Crippen LogP contribution in [0.5, 0.6) is 0 Å². The van der Waals surface area contributed by atoms with E-state index in [9.17, 15) is 13.2 Å². The summed E-state index contributed by atoms with van der Waals surface area (Å²) in [4.78, 5) is 0. The van der Waals surface area contributed by atoms with E-state index in [0.29, 0.717) is 0 Å².